The normalized spacial score (nSPS) is 12.4. The number of hydrogen-bond donors (Lipinski definition) is 1. The molecule has 1 atom stereocenters. The van der Waals surface area contributed by atoms with Crippen LogP contribution in [0.4, 0.5) is 0 Å². The SMILES string of the molecule is CNC(Cc1ccc(C)cc1Cl)c1cnccn1. The predicted octanol–water partition coefficient (Wildman–Crippen LogP) is 2.94. The van der Waals surface area contributed by atoms with Gasteiger partial charge in [-0.3, -0.25) is 9.97 Å². The lowest BCUT2D eigenvalue weighted by molar-refractivity contribution is 0.573. The van der Waals surface area contributed by atoms with Crippen molar-refractivity contribution in [3.63, 3.8) is 0 Å². The maximum absolute atomic E-state index is 6.25. The molecule has 0 aliphatic carbocycles. The smallest absolute Gasteiger partial charge is 0.0759 e. The van der Waals surface area contributed by atoms with E-state index in [2.05, 4.69) is 27.4 Å². The molecule has 2 rings (SSSR count). The molecular formula is C14H16ClN3. The molecule has 0 saturated carbocycles. The van der Waals surface area contributed by atoms with Crippen molar-refractivity contribution in [3.05, 3.63) is 58.6 Å². The Balaban J connectivity index is 2.21. The van der Waals surface area contributed by atoms with E-state index >= 15 is 0 Å². The summed E-state index contributed by atoms with van der Waals surface area (Å²) in [6, 6.07) is 6.25. The summed E-state index contributed by atoms with van der Waals surface area (Å²) in [6.07, 6.45) is 5.96. The van der Waals surface area contributed by atoms with Crippen LogP contribution >= 0.6 is 11.6 Å². The van der Waals surface area contributed by atoms with E-state index < -0.39 is 0 Å². The third-order valence-electron chi connectivity index (χ3n) is 2.92. The van der Waals surface area contributed by atoms with Crippen LogP contribution < -0.4 is 5.32 Å². The number of hydrogen-bond acceptors (Lipinski definition) is 3. The zero-order chi connectivity index (χ0) is 13.0. The van der Waals surface area contributed by atoms with Crippen LogP contribution in [0.2, 0.25) is 5.02 Å². The van der Waals surface area contributed by atoms with Crippen molar-refractivity contribution in [3.8, 4) is 0 Å². The first kappa shape index (κ1) is 13.0. The number of likely N-dealkylation sites (N-methyl/N-ethyl adjacent to an activating group) is 1. The standard InChI is InChI=1S/C14H16ClN3/c1-10-3-4-11(12(15)7-10)8-13(16-2)14-9-17-5-6-18-14/h3-7,9,13,16H,8H2,1-2H3. The van der Waals surface area contributed by atoms with E-state index in [0.717, 1.165) is 22.7 Å². The van der Waals surface area contributed by atoms with Crippen molar-refractivity contribution < 1.29 is 0 Å². The van der Waals surface area contributed by atoms with Crippen LogP contribution in [0.3, 0.4) is 0 Å². The van der Waals surface area contributed by atoms with Crippen LogP contribution in [-0.2, 0) is 6.42 Å². The maximum Gasteiger partial charge on any atom is 0.0759 e. The number of nitrogens with one attached hydrogen (secondary N) is 1. The third kappa shape index (κ3) is 3.06. The highest BCUT2D eigenvalue weighted by atomic mass is 35.5. The molecule has 1 aromatic carbocycles. The van der Waals surface area contributed by atoms with Gasteiger partial charge in [0.05, 0.1) is 11.7 Å². The monoisotopic (exact) mass is 261 g/mol. The molecule has 0 aliphatic heterocycles. The fraction of sp³-hybridized carbons (Fsp3) is 0.286. The molecule has 0 amide bonds. The van der Waals surface area contributed by atoms with Gasteiger partial charge >= 0.3 is 0 Å². The number of aromatic nitrogens is 2. The number of rotatable bonds is 4. The molecule has 0 saturated heterocycles. The minimum Gasteiger partial charge on any atom is -0.311 e. The molecule has 0 fully saturated rings. The van der Waals surface area contributed by atoms with Gasteiger partial charge in [0.25, 0.3) is 0 Å². The van der Waals surface area contributed by atoms with Crippen LogP contribution in [0.25, 0.3) is 0 Å². The topological polar surface area (TPSA) is 37.8 Å². The minimum atomic E-state index is 0.124. The highest BCUT2D eigenvalue weighted by Crippen LogP contribution is 2.23. The lowest BCUT2D eigenvalue weighted by Gasteiger charge is -2.16. The Labute approximate surface area is 112 Å². The van der Waals surface area contributed by atoms with Gasteiger partial charge in [-0.1, -0.05) is 23.7 Å². The number of nitrogens with zero attached hydrogens (tertiary/aromatic N) is 2. The second-order valence-electron chi connectivity index (χ2n) is 4.27. The Morgan fingerprint density at radius 3 is 2.78 bits per heavy atom. The summed E-state index contributed by atoms with van der Waals surface area (Å²) in [5, 5.41) is 4.05. The molecule has 3 nitrogen and oxygen atoms in total. The second-order valence-corrected chi connectivity index (χ2v) is 4.68. The summed E-state index contributed by atoms with van der Waals surface area (Å²) >= 11 is 6.25. The predicted molar refractivity (Wildman–Crippen MR) is 73.7 cm³/mol. The van der Waals surface area contributed by atoms with Gasteiger partial charge < -0.3 is 5.32 Å². The Kier molecular flexibility index (Phi) is 4.28. The van der Waals surface area contributed by atoms with Gasteiger partial charge in [0.2, 0.25) is 0 Å². The van der Waals surface area contributed by atoms with Crippen molar-refractivity contribution >= 4 is 11.6 Å². The molecule has 94 valence electrons. The van der Waals surface area contributed by atoms with Gasteiger partial charge in [0, 0.05) is 23.6 Å². The lowest BCUT2D eigenvalue weighted by Crippen LogP contribution is -2.20. The Morgan fingerprint density at radius 2 is 2.17 bits per heavy atom. The fourth-order valence-corrected chi connectivity index (χ4v) is 2.20. The molecule has 0 bridgehead atoms. The molecule has 1 N–H and O–H groups in total. The molecule has 4 heteroatoms. The first-order valence-corrected chi connectivity index (χ1v) is 6.26. The van der Waals surface area contributed by atoms with Crippen LogP contribution in [0.15, 0.2) is 36.8 Å². The van der Waals surface area contributed by atoms with Crippen LogP contribution in [0.5, 0.6) is 0 Å². The lowest BCUT2D eigenvalue weighted by atomic mass is 10.0. The molecule has 18 heavy (non-hydrogen) atoms. The second kappa shape index (κ2) is 5.94. The van der Waals surface area contributed by atoms with E-state index in [-0.39, 0.29) is 6.04 Å². The van der Waals surface area contributed by atoms with Gasteiger partial charge in [-0.2, -0.15) is 0 Å². The van der Waals surface area contributed by atoms with Gasteiger partial charge in [-0.05, 0) is 37.6 Å². The largest absolute Gasteiger partial charge is 0.311 e. The van der Waals surface area contributed by atoms with Gasteiger partial charge in [0.15, 0.2) is 0 Å². The van der Waals surface area contributed by atoms with Crippen molar-refractivity contribution in [2.45, 2.75) is 19.4 Å². The van der Waals surface area contributed by atoms with E-state index in [9.17, 15) is 0 Å². The summed E-state index contributed by atoms with van der Waals surface area (Å²) in [5.41, 5.74) is 3.22. The number of aryl methyl sites for hydroxylation is 1. The fourth-order valence-electron chi connectivity index (χ4n) is 1.88. The minimum absolute atomic E-state index is 0.124. The van der Waals surface area contributed by atoms with Crippen molar-refractivity contribution in [2.75, 3.05) is 7.05 Å². The summed E-state index contributed by atoms with van der Waals surface area (Å²) < 4.78 is 0. The Hall–Kier alpha value is -1.45. The first-order chi connectivity index (χ1) is 8.70. The zero-order valence-electron chi connectivity index (χ0n) is 10.5. The quantitative estimate of drug-likeness (QED) is 0.920. The van der Waals surface area contributed by atoms with Gasteiger partial charge in [-0.15, -0.1) is 0 Å². The maximum atomic E-state index is 6.25. The summed E-state index contributed by atoms with van der Waals surface area (Å²) in [7, 11) is 1.92. The Morgan fingerprint density at radius 1 is 1.33 bits per heavy atom. The average molecular weight is 262 g/mol. The van der Waals surface area contributed by atoms with E-state index in [1.165, 1.54) is 5.56 Å². The number of benzene rings is 1. The molecule has 1 aromatic heterocycles. The first-order valence-electron chi connectivity index (χ1n) is 5.89. The van der Waals surface area contributed by atoms with E-state index in [0.29, 0.717) is 0 Å². The molecule has 1 unspecified atom stereocenters. The van der Waals surface area contributed by atoms with Crippen LogP contribution in [0, 0.1) is 6.92 Å². The molecule has 0 aliphatic rings. The molecular weight excluding hydrogens is 246 g/mol. The highest BCUT2D eigenvalue weighted by molar-refractivity contribution is 6.31. The molecule has 0 radical (unpaired) electrons. The summed E-state index contributed by atoms with van der Waals surface area (Å²) in [5.74, 6) is 0. The summed E-state index contributed by atoms with van der Waals surface area (Å²) in [4.78, 5) is 8.42. The van der Waals surface area contributed by atoms with Crippen molar-refractivity contribution in [2.24, 2.45) is 0 Å². The molecule has 0 spiro atoms. The average Bonchev–Trinajstić information content (AvgIpc) is 2.39. The summed E-state index contributed by atoms with van der Waals surface area (Å²) in [6.45, 7) is 2.04. The Bertz CT molecular complexity index is 514. The molecule has 2 aromatic rings. The van der Waals surface area contributed by atoms with Crippen molar-refractivity contribution in [1.29, 1.82) is 0 Å². The van der Waals surface area contributed by atoms with Gasteiger partial charge in [0.1, 0.15) is 0 Å². The van der Waals surface area contributed by atoms with Crippen LogP contribution in [0.1, 0.15) is 22.9 Å². The van der Waals surface area contributed by atoms with Crippen molar-refractivity contribution in [1.82, 2.24) is 15.3 Å². The highest BCUT2D eigenvalue weighted by Gasteiger charge is 2.13. The van der Waals surface area contributed by atoms with E-state index in [4.69, 9.17) is 11.6 Å². The van der Waals surface area contributed by atoms with E-state index in [1.54, 1.807) is 18.6 Å². The van der Waals surface area contributed by atoms with Crippen LogP contribution in [-0.4, -0.2) is 17.0 Å². The van der Waals surface area contributed by atoms with E-state index in [1.807, 2.05) is 20.0 Å². The number of halogens is 1. The molecule has 1 heterocycles. The van der Waals surface area contributed by atoms with Gasteiger partial charge in [-0.25, -0.2) is 0 Å². The zero-order valence-corrected chi connectivity index (χ0v) is 11.3. The third-order valence-corrected chi connectivity index (χ3v) is 3.27.